The minimum Gasteiger partial charge on any atom is -0.374 e. The van der Waals surface area contributed by atoms with E-state index in [9.17, 15) is 0 Å². The molecule has 2 fully saturated rings. The van der Waals surface area contributed by atoms with Gasteiger partial charge in [-0.2, -0.15) is 0 Å². The Kier molecular flexibility index (Phi) is 3.94. The number of aromatic nitrogens is 1. The maximum absolute atomic E-state index is 5.98. The predicted molar refractivity (Wildman–Crippen MR) is 80.9 cm³/mol. The number of nitrogens with zero attached hydrogens (tertiary/aromatic N) is 2. The number of ether oxygens (including phenoxy) is 1. The highest BCUT2D eigenvalue weighted by Crippen LogP contribution is 2.34. The summed E-state index contributed by atoms with van der Waals surface area (Å²) in [5.74, 6) is 0. The Morgan fingerprint density at radius 1 is 1.35 bits per heavy atom. The Labute approximate surface area is 121 Å². The second kappa shape index (κ2) is 5.70. The molecule has 110 valence electrons. The van der Waals surface area contributed by atoms with Crippen LogP contribution in [-0.2, 0) is 11.3 Å². The molecule has 1 aromatic rings. The molecule has 2 heterocycles. The van der Waals surface area contributed by atoms with Crippen molar-refractivity contribution in [2.45, 2.75) is 58.2 Å². The van der Waals surface area contributed by atoms with Crippen molar-refractivity contribution >= 4 is 5.69 Å². The number of nitrogens with two attached hydrogens (primary N) is 1. The monoisotopic (exact) mass is 275 g/mol. The minimum absolute atomic E-state index is 0.400. The first-order chi connectivity index (χ1) is 9.70. The fourth-order valence-corrected chi connectivity index (χ4v) is 3.74. The molecule has 2 unspecified atom stereocenters. The van der Waals surface area contributed by atoms with Gasteiger partial charge >= 0.3 is 0 Å². The number of pyridine rings is 1. The molecule has 2 aliphatic rings. The molecule has 1 saturated heterocycles. The molecular weight excluding hydrogens is 250 g/mol. The highest BCUT2D eigenvalue weighted by molar-refractivity contribution is 5.57. The standard InChI is InChI=1S/C16H25N3O/c1-11-9-15(13(10-17)12(2)18-11)19-7-8-20-16-6-4-3-5-14(16)19/h9,14,16H,3-8,10,17H2,1-2H3. The summed E-state index contributed by atoms with van der Waals surface area (Å²) in [6, 6.07) is 2.72. The highest BCUT2D eigenvalue weighted by atomic mass is 16.5. The van der Waals surface area contributed by atoms with E-state index in [1.807, 2.05) is 0 Å². The molecule has 0 bridgehead atoms. The van der Waals surface area contributed by atoms with E-state index in [0.717, 1.165) is 24.5 Å². The van der Waals surface area contributed by atoms with Crippen LogP contribution in [0.3, 0.4) is 0 Å². The molecule has 4 heteroatoms. The fraction of sp³-hybridized carbons (Fsp3) is 0.688. The highest BCUT2D eigenvalue weighted by Gasteiger charge is 2.35. The molecule has 1 aliphatic carbocycles. The van der Waals surface area contributed by atoms with E-state index >= 15 is 0 Å². The van der Waals surface area contributed by atoms with E-state index in [-0.39, 0.29) is 0 Å². The molecule has 3 rings (SSSR count). The number of hydrogen-bond donors (Lipinski definition) is 1. The van der Waals surface area contributed by atoms with Crippen LogP contribution in [0.1, 0.15) is 42.6 Å². The Morgan fingerprint density at radius 2 is 2.15 bits per heavy atom. The third-order valence-corrected chi connectivity index (χ3v) is 4.68. The second-order valence-corrected chi connectivity index (χ2v) is 6.01. The van der Waals surface area contributed by atoms with Crippen LogP contribution in [0.2, 0.25) is 0 Å². The van der Waals surface area contributed by atoms with Crippen molar-refractivity contribution < 1.29 is 4.74 Å². The molecule has 0 aromatic carbocycles. The lowest BCUT2D eigenvalue weighted by molar-refractivity contribution is -0.00875. The molecule has 4 nitrogen and oxygen atoms in total. The van der Waals surface area contributed by atoms with Gasteiger partial charge in [-0.15, -0.1) is 0 Å². The maximum atomic E-state index is 5.98. The van der Waals surface area contributed by atoms with Crippen molar-refractivity contribution in [2.75, 3.05) is 18.1 Å². The second-order valence-electron chi connectivity index (χ2n) is 6.01. The first-order valence-corrected chi connectivity index (χ1v) is 7.76. The summed E-state index contributed by atoms with van der Waals surface area (Å²) in [5.41, 5.74) is 10.6. The molecule has 1 aliphatic heterocycles. The van der Waals surface area contributed by atoms with Gasteiger partial charge in [-0.1, -0.05) is 12.8 Å². The van der Waals surface area contributed by atoms with E-state index in [2.05, 4.69) is 29.8 Å². The zero-order valence-electron chi connectivity index (χ0n) is 12.6. The summed E-state index contributed by atoms with van der Waals surface area (Å²) >= 11 is 0. The predicted octanol–water partition coefficient (Wildman–Crippen LogP) is 2.30. The molecular formula is C16H25N3O. The van der Waals surface area contributed by atoms with E-state index in [0.29, 0.717) is 18.7 Å². The summed E-state index contributed by atoms with van der Waals surface area (Å²) in [6.45, 7) is 6.49. The lowest BCUT2D eigenvalue weighted by Gasteiger charge is -2.45. The molecule has 2 atom stereocenters. The van der Waals surface area contributed by atoms with Gasteiger partial charge in [-0.25, -0.2) is 0 Å². The molecule has 1 saturated carbocycles. The van der Waals surface area contributed by atoms with Gasteiger partial charge in [0, 0.05) is 35.7 Å². The first kappa shape index (κ1) is 13.8. The zero-order valence-corrected chi connectivity index (χ0v) is 12.6. The van der Waals surface area contributed by atoms with E-state index in [1.54, 1.807) is 0 Å². The van der Waals surface area contributed by atoms with E-state index < -0.39 is 0 Å². The summed E-state index contributed by atoms with van der Waals surface area (Å²) in [4.78, 5) is 7.10. The summed E-state index contributed by atoms with van der Waals surface area (Å²) in [7, 11) is 0. The normalized spacial score (nSPS) is 26.4. The van der Waals surface area contributed by atoms with Crippen LogP contribution in [-0.4, -0.2) is 30.3 Å². The lowest BCUT2D eigenvalue weighted by atomic mass is 9.89. The Hall–Kier alpha value is -1.13. The zero-order chi connectivity index (χ0) is 14.1. The summed E-state index contributed by atoms with van der Waals surface area (Å²) in [5, 5.41) is 0. The number of anilines is 1. The van der Waals surface area contributed by atoms with Crippen LogP contribution in [0, 0.1) is 13.8 Å². The Morgan fingerprint density at radius 3 is 2.95 bits per heavy atom. The SMILES string of the molecule is Cc1cc(N2CCOC3CCCCC32)c(CN)c(C)n1. The Balaban J connectivity index is 1.98. The number of morpholine rings is 1. The van der Waals surface area contributed by atoms with Gasteiger partial charge in [-0.3, -0.25) is 4.98 Å². The average molecular weight is 275 g/mol. The summed E-state index contributed by atoms with van der Waals surface area (Å²) < 4.78 is 5.98. The van der Waals surface area contributed by atoms with Crippen molar-refractivity contribution in [3.05, 3.63) is 23.0 Å². The quantitative estimate of drug-likeness (QED) is 0.900. The van der Waals surface area contributed by atoms with E-state index in [1.165, 1.54) is 36.9 Å². The van der Waals surface area contributed by atoms with Gasteiger partial charge in [0.25, 0.3) is 0 Å². The summed E-state index contributed by atoms with van der Waals surface area (Å²) in [6.07, 6.45) is 5.43. The van der Waals surface area contributed by atoms with Crippen molar-refractivity contribution in [2.24, 2.45) is 5.73 Å². The molecule has 0 spiro atoms. The van der Waals surface area contributed by atoms with E-state index in [4.69, 9.17) is 10.5 Å². The number of hydrogen-bond acceptors (Lipinski definition) is 4. The largest absolute Gasteiger partial charge is 0.374 e. The number of fused-ring (bicyclic) bond motifs is 1. The van der Waals surface area contributed by atoms with Gasteiger partial charge in [0.1, 0.15) is 0 Å². The van der Waals surface area contributed by atoms with Gasteiger partial charge in [0.15, 0.2) is 0 Å². The van der Waals surface area contributed by atoms with Gasteiger partial charge < -0.3 is 15.4 Å². The van der Waals surface area contributed by atoms with Gasteiger partial charge in [-0.05, 0) is 32.8 Å². The van der Waals surface area contributed by atoms with Crippen molar-refractivity contribution in [1.29, 1.82) is 0 Å². The molecule has 20 heavy (non-hydrogen) atoms. The number of aryl methyl sites for hydroxylation is 2. The average Bonchev–Trinajstić information content (AvgIpc) is 2.46. The van der Waals surface area contributed by atoms with Crippen LogP contribution < -0.4 is 10.6 Å². The van der Waals surface area contributed by atoms with Crippen LogP contribution in [0.25, 0.3) is 0 Å². The lowest BCUT2D eigenvalue weighted by Crippen LogP contribution is -2.53. The van der Waals surface area contributed by atoms with Gasteiger partial charge in [0.2, 0.25) is 0 Å². The van der Waals surface area contributed by atoms with Crippen molar-refractivity contribution in [1.82, 2.24) is 4.98 Å². The van der Waals surface area contributed by atoms with Crippen LogP contribution in [0.5, 0.6) is 0 Å². The molecule has 0 amide bonds. The topological polar surface area (TPSA) is 51.4 Å². The van der Waals surface area contributed by atoms with Crippen LogP contribution >= 0.6 is 0 Å². The van der Waals surface area contributed by atoms with Gasteiger partial charge in [0.05, 0.1) is 18.8 Å². The Bertz CT molecular complexity index is 487. The third kappa shape index (κ3) is 2.42. The molecule has 1 aromatic heterocycles. The van der Waals surface area contributed by atoms with Crippen LogP contribution in [0.4, 0.5) is 5.69 Å². The fourth-order valence-electron chi connectivity index (χ4n) is 3.74. The minimum atomic E-state index is 0.400. The third-order valence-electron chi connectivity index (χ3n) is 4.68. The smallest absolute Gasteiger partial charge is 0.0779 e. The van der Waals surface area contributed by atoms with Crippen molar-refractivity contribution in [3.8, 4) is 0 Å². The number of rotatable bonds is 2. The maximum Gasteiger partial charge on any atom is 0.0779 e. The molecule has 0 radical (unpaired) electrons. The molecule has 2 N–H and O–H groups in total. The first-order valence-electron chi connectivity index (χ1n) is 7.76. The van der Waals surface area contributed by atoms with Crippen LogP contribution in [0.15, 0.2) is 6.07 Å². The van der Waals surface area contributed by atoms with Crippen molar-refractivity contribution in [3.63, 3.8) is 0 Å².